The zero-order valence-corrected chi connectivity index (χ0v) is 8.37. The Morgan fingerprint density at radius 1 is 1.20 bits per heavy atom. The molecule has 0 N–H and O–H groups in total. The highest BCUT2D eigenvalue weighted by Gasteiger charge is 2.07. The summed E-state index contributed by atoms with van der Waals surface area (Å²) in [5.74, 6) is -0.274. The maximum Gasteiger partial charge on any atom is 0.150 e. The molecule has 0 aliphatic carbocycles. The Balaban J connectivity index is 2.61. The monoisotopic (exact) mass is 220 g/mol. The molecule has 0 amide bonds. The number of hydrogen-bond acceptors (Lipinski definition) is 1. The van der Waals surface area contributed by atoms with Gasteiger partial charge in [0.2, 0.25) is 0 Å². The fourth-order valence-electron chi connectivity index (χ4n) is 1.71. The van der Waals surface area contributed by atoms with E-state index in [2.05, 4.69) is 4.98 Å². The Hall–Kier alpha value is -1.61. The average Bonchev–Trinajstić information content (AvgIpc) is 2.61. The van der Waals surface area contributed by atoms with Crippen molar-refractivity contribution in [1.29, 1.82) is 0 Å². The summed E-state index contributed by atoms with van der Waals surface area (Å²) in [7, 11) is 0. The summed E-state index contributed by atoms with van der Waals surface area (Å²) in [6, 6.07) is 6.87. The first-order chi connectivity index (χ1) is 7.27. The molecular formula is C11H6ClFN2. The molecule has 15 heavy (non-hydrogen) atoms. The molecule has 0 fully saturated rings. The third-order valence-corrected chi connectivity index (χ3v) is 2.72. The van der Waals surface area contributed by atoms with Gasteiger partial charge in [0.15, 0.2) is 0 Å². The van der Waals surface area contributed by atoms with Gasteiger partial charge in [0.05, 0.1) is 16.7 Å². The van der Waals surface area contributed by atoms with Crippen molar-refractivity contribution >= 4 is 28.2 Å². The summed E-state index contributed by atoms with van der Waals surface area (Å²) in [5, 5.41) is 0.573. The molecule has 0 aliphatic heterocycles. The fourth-order valence-corrected chi connectivity index (χ4v) is 1.92. The van der Waals surface area contributed by atoms with Crippen LogP contribution in [0.15, 0.2) is 36.7 Å². The number of hydrogen-bond donors (Lipinski definition) is 0. The van der Waals surface area contributed by atoms with E-state index in [1.807, 2.05) is 12.1 Å². The highest BCUT2D eigenvalue weighted by molar-refractivity contribution is 6.34. The summed E-state index contributed by atoms with van der Waals surface area (Å²) in [6.45, 7) is 0. The summed E-state index contributed by atoms with van der Waals surface area (Å²) in [5.41, 5.74) is 1.95. The Morgan fingerprint density at radius 2 is 2.07 bits per heavy atom. The smallest absolute Gasteiger partial charge is 0.150 e. The van der Waals surface area contributed by atoms with Crippen molar-refractivity contribution in [1.82, 2.24) is 9.38 Å². The predicted molar refractivity (Wildman–Crippen MR) is 57.7 cm³/mol. The Morgan fingerprint density at radius 3 is 2.93 bits per heavy atom. The molecule has 2 heterocycles. The molecule has 0 saturated heterocycles. The first-order valence-electron chi connectivity index (χ1n) is 4.47. The van der Waals surface area contributed by atoms with Crippen LogP contribution in [0, 0.1) is 5.82 Å². The van der Waals surface area contributed by atoms with Crippen LogP contribution in [-0.4, -0.2) is 9.38 Å². The quantitative estimate of drug-likeness (QED) is 0.568. The first kappa shape index (κ1) is 8.68. The van der Waals surface area contributed by atoms with Crippen molar-refractivity contribution in [2.45, 2.75) is 0 Å². The van der Waals surface area contributed by atoms with Gasteiger partial charge in [-0.25, -0.2) is 4.39 Å². The predicted octanol–water partition coefficient (Wildman–Crippen LogP) is 3.28. The van der Waals surface area contributed by atoms with E-state index in [4.69, 9.17) is 11.6 Å². The van der Waals surface area contributed by atoms with Crippen molar-refractivity contribution in [3.8, 4) is 0 Å². The second kappa shape index (κ2) is 2.94. The van der Waals surface area contributed by atoms with Crippen LogP contribution < -0.4 is 0 Å². The van der Waals surface area contributed by atoms with Crippen LogP contribution in [0.4, 0.5) is 4.39 Å². The lowest BCUT2D eigenvalue weighted by Crippen LogP contribution is -1.90. The fraction of sp³-hybridized carbons (Fsp3) is 0. The second-order valence-electron chi connectivity index (χ2n) is 3.28. The highest BCUT2D eigenvalue weighted by Crippen LogP contribution is 2.23. The molecule has 3 aromatic rings. The van der Waals surface area contributed by atoms with E-state index < -0.39 is 0 Å². The van der Waals surface area contributed by atoms with Gasteiger partial charge in [-0.05, 0) is 18.2 Å². The maximum absolute atomic E-state index is 13.3. The minimum absolute atomic E-state index is 0.274. The van der Waals surface area contributed by atoms with Gasteiger partial charge in [0, 0.05) is 6.20 Å². The van der Waals surface area contributed by atoms with Crippen molar-refractivity contribution in [2.75, 3.05) is 0 Å². The van der Waals surface area contributed by atoms with Gasteiger partial charge in [-0.15, -0.1) is 0 Å². The molecule has 0 spiro atoms. The average molecular weight is 221 g/mol. The first-order valence-corrected chi connectivity index (χ1v) is 4.85. The van der Waals surface area contributed by atoms with E-state index in [0.29, 0.717) is 16.1 Å². The van der Waals surface area contributed by atoms with E-state index in [0.717, 1.165) is 5.52 Å². The van der Waals surface area contributed by atoms with Crippen LogP contribution in [0.25, 0.3) is 16.6 Å². The number of halogens is 2. The summed E-state index contributed by atoms with van der Waals surface area (Å²) in [4.78, 5) is 4.15. The topological polar surface area (TPSA) is 17.3 Å². The molecule has 0 saturated carbocycles. The SMILES string of the molecule is Fc1ccn2c1cnc1c(Cl)cccc12. The number of fused-ring (bicyclic) bond motifs is 3. The van der Waals surface area contributed by atoms with Crippen LogP contribution in [0.3, 0.4) is 0 Å². The number of nitrogens with zero attached hydrogens (tertiary/aromatic N) is 2. The molecule has 3 rings (SSSR count). The normalized spacial score (nSPS) is 11.3. The van der Waals surface area contributed by atoms with Crippen LogP contribution in [-0.2, 0) is 0 Å². The number of rotatable bonds is 0. The van der Waals surface area contributed by atoms with Gasteiger partial charge < -0.3 is 4.40 Å². The molecule has 0 radical (unpaired) electrons. The lowest BCUT2D eigenvalue weighted by molar-refractivity contribution is 0.640. The van der Waals surface area contributed by atoms with Crippen LogP contribution in [0.5, 0.6) is 0 Å². The minimum Gasteiger partial charge on any atom is -0.311 e. The summed E-state index contributed by atoms with van der Waals surface area (Å²) in [6.07, 6.45) is 3.16. The van der Waals surface area contributed by atoms with E-state index in [1.165, 1.54) is 12.3 Å². The van der Waals surface area contributed by atoms with Gasteiger partial charge in [0.25, 0.3) is 0 Å². The molecule has 0 bridgehead atoms. The Bertz CT molecular complexity index is 660. The number of benzene rings is 1. The Labute approximate surface area is 89.9 Å². The lowest BCUT2D eigenvalue weighted by atomic mass is 10.3. The molecule has 2 nitrogen and oxygen atoms in total. The summed E-state index contributed by atoms with van der Waals surface area (Å²) >= 11 is 5.99. The van der Waals surface area contributed by atoms with Gasteiger partial charge in [-0.3, -0.25) is 4.98 Å². The highest BCUT2D eigenvalue weighted by atomic mass is 35.5. The number of para-hydroxylation sites is 1. The van der Waals surface area contributed by atoms with Crippen LogP contribution in [0.2, 0.25) is 5.02 Å². The lowest BCUT2D eigenvalue weighted by Gasteiger charge is -2.02. The van der Waals surface area contributed by atoms with Gasteiger partial charge in [0.1, 0.15) is 16.9 Å². The van der Waals surface area contributed by atoms with Crippen molar-refractivity contribution in [3.05, 3.63) is 47.5 Å². The molecule has 0 unspecified atom stereocenters. The van der Waals surface area contributed by atoms with E-state index in [9.17, 15) is 4.39 Å². The maximum atomic E-state index is 13.3. The van der Waals surface area contributed by atoms with Crippen molar-refractivity contribution in [2.24, 2.45) is 0 Å². The molecule has 0 aliphatic rings. The van der Waals surface area contributed by atoms with Crippen molar-refractivity contribution in [3.63, 3.8) is 0 Å². The number of aromatic nitrogens is 2. The molecule has 1 aromatic carbocycles. The largest absolute Gasteiger partial charge is 0.311 e. The van der Waals surface area contributed by atoms with Gasteiger partial charge in [-0.1, -0.05) is 17.7 Å². The zero-order chi connectivity index (χ0) is 10.4. The molecule has 2 aromatic heterocycles. The molecular weight excluding hydrogens is 215 g/mol. The molecule has 0 atom stereocenters. The van der Waals surface area contributed by atoms with Crippen LogP contribution >= 0.6 is 11.6 Å². The Kier molecular flexibility index (Phi) is 1.70. The van der Waals surface area contributed by atoms with Gasteiger partial charge >= 0.3 is 0 Å². The third-order valence-electron chi connectivity index (χ3n) is 2.42. The minimum atomic E-state index is -0.274. The molecule has 4 heteroatoms. The zero-order valence-electron chi connectivity index (χ0n) is 7.61. The standard InChI is InChI=1S/C11H6ClFN2/c12-7-2-1-3-9-11(7)14-6-10-8(13)4-5-15(9)10/h1-6H. The van der Waals surface area contributed by atoms with Crippen molar-refractivity contribution < 1.29 is 4.39 Å². The van der Waals surface area contributed by atoms with E-state index in [1.54, 1.807) is 16.7 Å². The van der Waals surface area contributed by atoms with E-state index in [-0.39, 0.29) is 5.82 Å². The van der Waals surface area contributed by atoms with E-state index >= 15 is 0 Å². The third kappa shape index (κ3) is 1.13. The molecule has 74 valence electrons. The van der Waals surface area contributed by atoms with Gasteiger partial charge in [-0.2, -0.15) is 0 Å². The van der Waals surface area contributed by atoms with Crippen LogP contribution in [0.1, 0.15) is 0 Å². The second-order valence-corrected chi connectivity index (χ2v) is 3.69. The summed E-state index contributed by atoms with van der Waals surface area (Å²) < 4.78 is 15.0.